The number of rotatable bonds is 3. The summed E-state index contributed by atoms with van der Waals surface area (Å²) in [5.41, 5.74) is 0.488. The lowest BCUT2D eigenvalue weighted by molar-refractivity contribution is 0.208. The standard InChI is InChI=1S/C12H18ClN5O/c1-7(19)5-14-9-8-6-15-18(12(2,3)4)10(8)17-11(13)16-9/h6-7,19H,5H2,1-4H3,(H,14,16,17). The molecule has 0 fully saturated rings. The van der Waals surface area contributed by atoms with Gasteiger partial charge in [0.2, 0.25) is 5.28 Å². The zero-order valence-electron chi connectivity index (χ0n) is 11.5. The van der Waals surface area contributed by atoms with Gasteiger partial charge in [0.15, 0.2) is 5.65 Å². The summed E-state index contributed by atoms with van der Waals surface area (Å²) in [7, 11) is 0. The summed E-state index contributed by atoms with van der Waals surface area (Å²) >= 11 is 5.95. The van der Waals surface area contributed by atoms with Crippen LogP contribution >= 0.6 is 11.6 Å². The monoisotopic (exact) mass is 283 g/mol. The number of aliphatic hydroxyl groups excluding tert-OH is 1. The van der Waals surface area contributed by atoms with Crippen molar-refractivity contribution in [2.24, 2.45) is 0 Å². The van der Waals surface area contributed by atoms with Crippen molar-refractivity contribution in [2.75, 3.05) is 11.9 Å². The first kappa shape index (κ1) is 14.0. The van der Waals surface area contributed by atoms with Gasteiger partial charge in [-0.1, -0.05) is 0 Å². The Morgan fingerprint density at radius 3 is 2.68 bits per heavy atom. The lowest BCUT2D eigenvalue weighted by Gasteiger charge is -2.19. The number of aliphatic hydroxyl groups is 1. The summed E-state index contributed by atoms with van der Waals surface area (Å²) in [6.45, 7) is 8.21. The summed E-state index contributed by atoms with van der Waals surface area (Å²) in [5, 5.41) is 17.7. The number of nitrogens with zero attached hydrogens (tertiary/aromatic N) is 4. The molecule has 6 nitrogen and oxygen atoms in total. The smallest absolute Gasteiger partial charge is 0.226 e. The van der Waals surface area contributed by atoms with Gasteiger partial charge in [-0.25, -0.2) is 4.68 Å². The molecule has 0 radical (unpaired) electrons. The van der Waals surface area contributed by atoms with Crippen LogP contribution in [0.1, 0.15) is 27.7 Å². The van der Waals surface area contributed by atoms with Gasteiger partial charge in [0, 0.05) is 6.54 Å². The van der Waals surface area contributed by atoms with E-state index in [9.17, 15) is 5.11 Å². The highest BCUT2D eigenvalue weighted by Gasteiger charge is 2.20. The van der Waals surface area contributed by atoms with Crippen molar-refractivity contribution in [3.8, 4) is 0 Å². The van der Waals surface area contributed by atoms with Crippen molar-refractivity contribution in [2.45, 2.75) is 39.3 Å². The molecule has 0 aliphatic carbocycles. The molecular formula is C12H18ClN5O. The molecule has 2 rings (SSSR count). The van der Waals surface area contributed by atoms with E-state index in [0.29, 0.717) is 18.0 Å². The number of anilines is 1. The molecule has 0 aliphatic heterocycles. The highest BCUT2D eigenvalue weighted by molar-refractivity contribution is 6.28. The molecule has 7 heteroatoms. The molecule has 0 aromatic carbocycles. The van der Waals surface area contributed by atoms with Gasteiger partial charge in [-0.2, -0.15) is 15.1 Å². The Kier molecular flexibility index (Phi) is 3.64. The Bertz CT molecular complexity index is 588. The molecule has 0 aliphatic rings. The fourth-order valence-electron chi connectivity index (χ4n) is 1.75. The molecule has 2 heterocycles. The van der Waals surface area contributed by atoms with E-state index in [1.807, 2.05) is 25.5 Å². The summed E-state index contributed by atoms with van der Waals surface area (Å²) < 4.78 is 1.81. The van der Waals surface area contributed by atoms with Gasteiger partial charge in [0.1, 0.15) is 5.82 Å². The van der Waals surface area contributed by atoms with Gasteiger partial charge < -0.3 is 10.4 Å². The number of hydrogen-bond donors (Lipinski definition) is 2. The van der Waals surface area contributed by atoms with Crippen LogP contribution in [0.25, 0.3) is 11.0 Å². The predicted molar refractivity (Wildman–Crippen MR) is 75.5 cm³/mol. The molecule has 1 unspecified atom stereocenters. The minimum Gasteiger partial charge on any atom is -0.392 e. The van der Waals surface area contributed by atoms with Crippen LogP contribution in [0, 0.1) is 0 Å². The second-order valence-electron chi connectivity index (χ2n) is 5.54. The average Bonchev–Trinajstić information content (AvgIpc) is 2.68. The van der Waals surface area contributed by atoms with Gasteiger partial charge in [-0.3, -0.25) is 0 Å². The quantitative estimate of drug-likeness (QED) is 0.843. The third-order valence-corrected chi connectivity index (χ3v) is 2.77. The molecule has 0 bridgehead atoms. The molecule has 2 aromatic heterocycles. The lowest BCUT2D eigenvalue weighted by atomic mass is 10.1. The molecule has 2 N–H and O–H groups in total. The SMILES string of the molecule is CC(O)CNc1nc(Cl)nc2c1cnn2C(C)(C)C. The van der Waals surface area contributed by atoms with E-state index in [1.165, 1.54) is 0 Å². The van der Waals surface area contributed by atoms with Crippen molar-refractivity contribution >= 4 is 28.5 Å². The second-order valence-corrected chi connectivity index (χ2v) is 5.87. The topological polar surface area (TPSA) is 75.9 Å². The Balaban J connectivity index is 2.51. The molecule has 2 aromatic rings. The fraction of sp³-hybridized carbons (Fsp3) is 0.583. The first-order chi connectivity index (χ1) is 8.79. The highest BCUT2D eigenvalue weighted by Crippen LogP contribution is 2.26. The van der Waals surface area contributed by atoms with Gasteiger partial charge in [-0.15, -0.1) is 0 Å². The molecular weight excluding hydrogens is 266 g/mol. The minimum atomic E-state index is -0.471. The summed E-state index contributed by atoms with van der Waals surface area (Å²) in [6.07, 6.45) is 1.24. The number of halogens is 1. The van der Waals surface area contributed by atoms with E-state index >= 15 is 0 Å². The predicted octanol–water partition coefficient (Wildman–Crippen LogP) is 2.03. The van der Waals surface area contributed by atoms with Gasteiger partial charge in [0.05, 0.1) is 23.2 Å². The maximum absolute atomic E-state index is 9.33. The van der Waals surface area contributed by atoms with E-state index in [2.05, 4.69) is 20.4 Å². The average molecular weight is 284 g/mol. The Labute approximate surface area is 116 Å². The van der Waals surface area contributed by atoms with Crippen LogP contribution in [0.3, 0.4) is 0 Å². The number of aromatic nitrogens is 4. The van der Waals surface area contributed by atoms with Crippen LogP contribution in [0.5, 0.6) is 0 Å². The van der Waals surface area contributed by atoms with E-state index < -0.39 is 6.10 Å². The largest absolute Gasteiger partial charge is 0.392 e. The summed E-state index contributed by atoms with van der Waals surface area (Å²) in [4.78, 5) is 8.39. The van der Waals surface area contributed by atoms with Crippen molar-refractivity contribution < 1.29 is 5.11 Å². The number of hydrogen-bond acceptors (Lipinski definition) is 5. The second kappa shape index (κ2) is 4.94. The van der Waals surface area contributed by atoms with Crippen LogP contribution in [0.4, 0.5) is 5.82 Å². The lowest BCUT2D eigenvalue weighted by Crippen LogP contribution is -2.23. The Hall–Kier alpha value is -1.40. The van der Waals surface area contributed by atoms with Crippen molar-refractivity contribution in [1.29, 1.82) is 0 Å². The Morgan fingerprint density at radius 2 is 2.11 bits per heavy atom. The maximum Gasteiger partial charge on any atom is 0.226 e. The van der Waals surface area contributed by atoms with Crippen LogP contribution in [0.2, 0.25) is 5.28 Å². The van der Waals surface area contributed by atoms with E-state index in [1.54, 1.807) is 13.1 Å². The van der Waals surface area contributed by atoms with Crippen molar-refractivity contribution in [1.82, 2.24) is 19.7 Å². The van der Waals surface area contributed by atoms with E-state index in [-0.39, 0.29) is 10.8 Å². The summed E-state index contributed by atoms with van der Waals surface area (Å²) in [5.74, 6) is 0.589. The van der Waals surface area contributed by atoms with Crippen molar-refractivity contribution in [3.63, 3.8) is 0 Å². The molecule has 0 amide bonds. The Morgan fingerprint density at radius 1 is 1.42 bits per heavy atom. The number of fused-ring (bicyclic) bond motifs is 1. The maximum atomic E-state index is 9.33. The first-order valence-electron chi connectivity index (χ1n) is 6.12. The highest BCUT2D eigenvalue weighted by atomic mass is 35.5. The van der Waals surface area contributed by atoms with E-state index in [0.717, 1.165) is 5.39 Å². The molecule has 0 spiro atoms. The van der Waals surface area contributed by atoms with Crippen LogP contribution in [0.15, 0.2) is 6.20 Å². The van der Waals surface area contributed by atoms with Crippen molar-refractivity contribution in [3.05, 3.63) is 11.5 Å². The zero-order chi connectivity index (χ0) is 14.2. The normalized spacial score (nSPS) is 13.8. The van der Waals surface area contributed by atoms with E-state index in [4.69, 9.17) is 11.6 Å². The molecule has 104 valence electrons. The number of nitrogens with one attached hydrogen (secondary N) is 1. The summed E-state index contributed by atoms with van der Waals surface area (Å²) in [6, 6.07) is 0. The van der Waals surface area contributed by atoms with Gasteiger partial charge in [0.25, 0.3) is 0 Å². The van der Waals surface area contributed by atoms with Gasteiger partial charge >= 0.3 is 0 Å². The first-order valence-corrected chi connectivity index (χ1v) is 6.50. The molecule has 0 saturated carbocycles. The molecule has 19 heavy (non-hydrogen) atoms. The molecule has 0 saturated heterocycles. The third kappa shape index (κ3) is 2.96. The zero-order valence-corrected chi connectivity index (χ0v) is 12.2. The molecule has 1 atom stereocenters. The van der Waals surface area contributed by atoms with Gasteiger partial charge in [-0.05, 0) is 39.3 Å². The van der Waals surface area contributed by atoms with Crippen LogP contribution in [-0.4, -0.2) is 37.5 Å². The minimum absolute atomic E-state index is 0.159. The van der Waals surface area contributed by atoms with Crippen LogP contribution in [-0.2, 0) is 5.54 Å². The fourth-order valence-corrected chi connectivity index (χ4v) is 1.92. The van der Waals surface area contributed by atoms with Crippen LogP contribution < -0.4 is 5.32 Å². The third-order valence-electron chi connectivity index (χ3n) is 2.60.